The van der Waals surface area contributed by atoms with Crippen molar-refractivity contribution in [2.75, 3.05) is 19.8 Å². The van der Waals surface area contributed by atoms with Gasteiger partial charge < -0.3 is 15.2 Å². The van der Waals surface area contributed by atoms with Gasteiger partial charge in [-0.25, -0.2) is 0 Å². The van der Waals surface area contributed by atoms with Gasteiger partial charge in [0.2, 0.25) is 0 Å². The maximum Gasteiger partial charge on any atom is 0.0815 e. The molecule has 2 rings (SSSR count). The average molecular weight is 253 g/mol. The number of nitrogens with zero attached hydrogens (tertiary/aromatic N) is 2. The van der Waals surface area contributed by atoms with Crippen LogP contribution in [0.1, 0.15) is 29.8 Å². The second-order valence-electron chi connectivity index (χ2n) is 5.21. The summed E-state index contributed by atoms with van der Waals surface area (Å²) >= 11 is 0. The van der Waals surface area contributed by atoms with E-state index in [1.54, 1.807) is 0 Å². The zero-order valence-corrected chi connectivity index (χ0v) is 11.5. The number of aliphatic hydroxyl groups is 1. The Hall–Kier alpha value is -0.910. The number of hydrogen-bond donors (Lipinski definition) is 2. The van der Waals surface area contributed by atoms with E-state index in [0.29, 0.717) is 32.6 Å². The van der Waals surface area contributed by atoms with E-state index in [0.717, 1.165) is 12.2 Å². The zero-order valence-electron chi connectivity index (χ0n) is 11.5. The van der Waals surface area contributed by atoms with Crippen molar-refractivity contribution >= 4 is 0 Å². The van der Waals surface area contributed by atoms with Crippen LogP contribution in [0.3, 0.4) is 0 Å². The molecule has 18 heavy (non-hydrogen) atoms. The predicted octanol–water partition coefficient (Wildman–Crippen LogP) is 0.668. The molecule has 2 N–H and O–H groups in total. The molecule has 1 aromatic rings. The molecule has 2 heterocycles. The fourth-order valence-electron chi connectivity index (χ4n) is 2.42. The minimum atomic E-state index is -0.609. The van der Waals surface area contributed by atoms with E-state index in [-0.39, 0.29) is 0 Å². The Morgan fingerprint density at radius 1 is 1.39 bits per heavy atom. The van der Waals surface area contributed by atoms with E-state index in [1.807, 2.05) is 18.7 Å². The van der Waals surface area contributed by atoms with Crippen molar-refractivity contribution < 1.29 is 9.84 Å². The molecule has 1 saturated heterocycles. The molecule has 0 bridgehead atoms. The lowest BCUT2D eigenvalue weighted by Gasteiger charge is -2.32. The van der Waals surface area contributed by atoms with Crippen molar-refractivity contribution in [1.82, 2.24) is 15.1 Å². The molecular formula is C13H23N3O2. The van der Waals surface area contributed by atoms with E-state index in [1.165, 1.54) is 11.3 Å². The van der Waals surface area contributed by atoms with Crippen LogP contribution in [0.4, 0.5) is 0 Å². The van der Waals surface area contributed by atoms with Gasteiger partial charge in [0.05, 0.1) is 11.3 Å². The Bertz CT molecular complexity index is 409. The van der Waals surface area contributed by atoms with Gasteiger partial charge in [-0.1, -0.05) is 0 Å². The standard InChI is InChI=1S/C13H23N3O2/c1-10-12(11(2)16(3)15-10)8-14-9-13(17)4-6-18-7-5-13/h14,17H,4-9H2,1-3H3. The van der Waals surface area contributed by atoms with Gasteiger partial charge in [-0.2, -0.15) is 5.10 Å². The first-order valence-electron chi connectivity index (χ1n) is 6.52. The number of aryl methyl sites for hydroxylation is 2. The summed E-state index contributed by atoms with van der Waals surface area (Å²) in [5.41, 5.74) is 2.86. The van der Waals surface area contributed by atoms with E-state index < -0.39 is 5.60 Å². The van der Waals surface area contributed by atoms with Gasteiger partial charge in [0, 0.05) is 57.4 Å². The normalized spacial score (nSPS) is 19.1. The first-order chi connectivity index (χ1) is 8.52. The molecule has 0 unspecified atom stereocenters. The highest BCUT2D eigenvalue weighted by atomic mass is 16.5. The summed E-state index contributed by atoms with van der Waals surface area (Å²) in [6.07, 6.45) is 1.43. The minimum absolute atomic E-state index is 0.609. The number of aromatic nitrogens is 2. The van der Waals surface area contributed by atoms with Crippen LogP contribution in [0.5, 0.6) is 0 Å². The molecule has 0 aliphatic carbocycles. The second-order valence-corrected chi connectivity index (χ2v) is 5.21. The van der Waals surface area contributed by atoms with E-state index >= 15 is 0 Å². The largest absolute Gasteiger partial charge is 0.388 e. The lowest BCUT2D eigenvalue weighted by Crippen LogP contribution is -2.44. The fourth-order valence-corrected chi connectivity index (χ4v) is 2.42. The lowest BCUT2D eigenvalue weighted by molar-refractivity contribution is -0.0617. The fraction of sp³-hybridized carbons (Fsp3) is 0.769. The highest BCUT2D eigenvalue weighted by Crippen LogP contribution is 2.19. The van der Waals surface area contributed by atoms with Crippen LogP contribution in [0, 0.1) is 13.8 Å². The number of hydrogen-bond acceptors (Lipinski definition) is 4. The van der Waals surface area contributed by atoms with Gasteiger partial charge in [-0.3, -0.25) is 4.68 Å². The van der Waals surface area contributed by atoms with Crippen LogP contribution >= 0.6 is 0 Å². The monoisotopic (exact) mass is 253 g/mol. The number of nitrogens with one attached hydrogen (secondary N) is 1. The molecule has 1 aliphatic heterocycles. The molecule has 0 atom stereocenters. The second kappa shape index (κ2) is 5.38. The average Bonchev–Trinajstić information content (AvgIpc) is 2.56. The first kappa shape index (κ1) is 13.5. The van der Waals surface area contributed by atoms with Crippen LogP contribution in [-0.4, -0.2) is 40.2 Å². The molecule has 1 fully saturated rings. The SMILES string of the molecule is Cc1nn(C)c(C)c1CNCC1(O)CCOCC1. The van der Waals surface area contributed by atoms with Gasteiger partial charge in [0.15, 0.2) is 0 Å². The highest BCUT2D eigenvalue weighted by Gasteiger charge is 2.29. The summed E-state index contributed by atoms with van der Waals surface area (Å²) in [6, 6.07) is 0. The zero-order chi connectivity index (χ0) is 13.2. The number of rotatable bonds is 4. The van der Waals surface area contributed by atoms with Gasteiger partial charge >= 0.3 is 0 Å². The Labute approximate surface area is 108 Å². The summed E-state index contributed by atoms with van der Waals surface area (Å²) in [5.74, 6) is 0. The molecule has 1 aromatic heterocycles. The van der Waals surface area contributed by atoms with Crippen molar-refractivity contribution in [3.05, 3.63) is 17.0 Å². The predicted molar refractivity (Wildman–Crippen MR) is 69.4 cm³/mol. The molecule has 1 aliphatic rings. The van der Waals surface area contributed by atoms with Crippen LogP contribution in [0.15, 0.2) is 0 Å². The van der Waals surface area contributed by atoms with Gasteiger partial charge in [-0.05, 0) is 13.8 Å². The third kappa shape index (κ3) is 2.91. The van der Waals surface area contributed by atoms with Crippen molar-refractivity contribution in [3.8, 4) is 0 Å². The van der Waals surface area contributed by atoms with E-state index in [4.69, 9.17) is 4.74 Å². The lowest BCUT2D eigenvalue weighted by atomic mass is 9.94. The maximum absolute atomic E-state index is 10.3. The van der Waals surface area contributed by atoms with Gasteiger partial charge in [0.25, 0.3) is 0 Å². The maximum atomic E-state index is 10.3. The van der Waals surface area contributed by atoms with Crippen molar-refractivity contribution in [2.45, 2.75) is 38.8 Å². The number of ether oxygens (including phenoxy) is 1. The van der Waals surface area contributed by atoms with E-state index in [9.17, 15) is 5.11 Å². The van der Waals surface area contributed by atoms with Crippen LogP contribution in [-0.2, 0) is 18.3 Å². The molecule has 0 amide bonds. The van der Waals surface area contributed by atoms with Crippen molar-refractivity contribution in [1.29, 1.82) is 0 Å². The Morgan fingerprint density at radius 3 is 2.61 bits per heavy atom. The molecule has 0 radical (unpaired) electrons. The van der Waals surface area contributed by atoms with Crippen LogP contribution in [0.25, 0.3) is 0 Å². The van der Waals surface area contributed by atoms with E-state index in [2.05, 4.69) is 17.3 Å². The Kier molecular flexibility index (Phi) is 4.04. The topological polar surface area (TPSA) is 59.3 Å². The molecule has 102 valence electrons. The summed E-state index contributed by atoms with van der Waals surface area (Å²) < 4.78 is 7.17. The third-order valence-electron chi connectivity index (χ3n) is 3.84. The quantitative estimate of drug-likeness (QED) is 0.828. The Morgan fingerprint density at radius 2 is 2.06 bits per heavy atom. The van der Waals surface area contributed by atoms with Gasteiger partial charge in [-0.15, -0.1) is 0 Å². The van der Waals surface area contributed by atoms with Crippen molar-refractivity contribution in [3.63, 3.8) is 0 Å². The molecular weight excluding hydrogens is 230 g/mol. The molecule has 0 saturated carbocycles. The van der Waals surface area contributed by atoms with Crippen molar-refractivity contribution in [2.24, 2.45) is 7.05 Å². The van der Waals surface area contributed by atoms with Crippen LogP contribution in [0.2, 0.25) is 0 Å². The molecule has 0 spiro atoms. The highest BCUT2D eigenvalue weighted by molar-refractivity contribution is 5.24. The summed E-state index contributed by atoms with van der Waals surface area (Å²) in [7, 11) is 1.96. The van der Waals surface area contributed by atoms with Gasteiger partial charge in [0.1, 0.15) is 0 Å². The summed E-state index contributed by atoms with van der Waals surface area (Å²) in [4.78, 5) is 0. The first-order valence-corrected chi connectivity index (χ1v) is 6.52. The summed E-state index contributed by atoms with van der Waals surface area (Å²) in [5, 5.41) is 18.1. The van der Waals surface area contributed by atoms with Crippen LogP contribution < -0.4 is 5.32 Å². The third-order valence-corrected chi connectivity index (χ3v) is 3.84. The molecule has 5 heteroatoms. The smallest absolute Gasteiger partial charge is 0.0815 e. The molecule has 0 aromatic carbocycles. The minimum Gasteiger partial charge on any atom is -0.388 e. The Balaban J connectivity index is 1.88. The summed E-state index contributed by atoms with van der Waals surface area (Å²) in [6.45, 7) is 6.78. The molecule has 5 nitrogen and oxygen atoms in total.